The van der Waals surface area contributed by atoms with Crippen LogP contribution in [-0.4, -0.2) is 38.2 Å². The molecular formula is C15H20N4O4S. The van der Waals surface area contributed by atoms with Crippen LogP contribution >= 0.6 is 0 Å². The summed E-state index contributed by atoms with van der Waals surface area (Å²) in [5.74, 6) is 0.128. The number of H-pyrrole nitrogens is 1. The first-order chi connectivity index (χ1) is 11.5. The molecule has 1 aromatic heterocycles. The fourth-order valence-corrected chi connectivity index (χ4v) is 3.14. The van der Waals surface area contributed by atoms with Crippen molar-refractivity contribution in [2.75, 3.05) is 18.4 Å². The molecule has 8 nitrogen and oxygen atoms in total. The summed E-state index contributed by atoms with van der Waals surface area (Å²) in [5, 5.41) is 8.45. The van der Waals surface area contributed by atoms with Crippen LogP contribution in [0, 0.1) is 0 Å². The second kappa shape index (κ2) is 7.82. The minimum Gasteiger partial charge on any atom is -0.497 e. The zero-order chi connectivity index (χ0) is 17.6. The number of nitrogens with one attached hydrogen (secondary N) is 3. The molecule has 1 amide bonds. The monoisotopic (exact) mass is 352 g/mol. The van der Waals surface area contributed by atoms with Crippen LogP contribution in [0.15, 0.2) is 35.5 Å². The number of aromatic amines is 1. The number of amides is 1. The number of carbonyl (C=O) groups is 1. The second-order valence-corrected chi connectivity index (χ2v) is 6.68. The molecular weight excluding hydrogens is 332 g/mol. The molecule has 24 heavy (non-hydrogen) atoms. The Hall–Kier alpha value is -2.55. The van der Waals surface area contributed by atoms with E-state index in [1.807, 2.05) is 6.92 Å². The van der Waals surface area contributed by atoms with Crippen molar-refractivity contribution in [3.8, 4) is 5.75 Å². The fourth-order valence-electron chi connectivity index (χ4n) is 1.98. The van der Waals surface area contributed by atoms with E-state index in [4.69, 9.17) is 4.74 Å². The van der Waals surface area contributed by atoms with Gasteiger partial charge >= 0.3 is 0 Å². The molecule has 9 heteroatoms. The van der Waals surface area contributed by atoms with Crippen LogP contribution < -0.4 is 14.8 Å². The highest BCUT2D eigenvalue weighted by Gasteiger charge is 2.25. The van der Waals surface area contributed by atoms with E-state index in [2.05, 4.69) is 20.2 Å². The van der Waals surface area contributed by atoms with Gasteiger partial charge in [-0.3, -0.25) is 14.6 Å². The Bertz CT molecular complexity index is 784. The van der Waals surface area contributed by atoms with Gasteiger partial charge in [0, 0.05) is 12.2 Å². The lowest BCUT2D eigenvalue weighted by Crippen LogP contribution is -2.26. The Morgan fingerprint density at radius 3 is 2.62 bits per heavy atom. The van der Waals surface area contributed by atoms with Gasteiger partial charge in [-0.05, 0) is 30.7 Å². The Kier molecular flexibility index (Phi) is 5.80. The molecule has 130 valence electrons. The number of methoxy groups -OCH3 is 1. The molecule has 0 aliphatic carbocycles. The Morgan fingerprint density at radius 1 is 1.29 bits per heavy atom. The Balaban J connectivity index is 2.17. The lowest BCUT2D eigenvalue weighted by Gasteiger charge is -2.09. The van der Waals surface area contributed by atoms with Gasteiger partial charge in [-0.2, -0.15) is 13.5 Å². The number of anilines is 1. The van der Waals surface area contributed by atoms with Crippen LogP contribution in [0.4, 0.5) is 5.69 Å². The number of ether oxygens (including phenoxy) is 1. The molecule has 0 fully saturated rings. The third-order valence-electron chi connectivity index (χ3n) is 3.28. The summed E-state index contributed by atoms with van der Waals surface area (Å²) in [5.41, 5.74) is 0.329. The van der Waals surface area contributed by atoms with Gasteiger partial charge in [0.05, 0.1) is 18.9 Å². The maximum absolute atomic E-state index is 12.5. The van der Waals surface area contributed by atoms with Crippen LogP contribution in [0.2, 0.25) is 0 Å². The van der Waals surface area contributed by atoms with E-state index in [-0.39, 0.29) is 10.6 Å². The minimum absolute atomic E-state index is 0.0212. The molecule has 3 N–H and O–H groups in total. The molecule has 0 saturated heterocycles. The number of hydrogen-bond donors (Lipinski definition) is 3. The molecule has 0 saturated carbocycles. The molecule has 0 atom stereocenters. The molecule has 1 aromatic carbocycles. The van der Waals surface area contributed by atoms with Gasteiger partial charge in [0.1, 0.15) is 5.75 Å². The second-order valence-electron chi connectivity index (χ2n) is 5.06. The summed E-state index contributed by atoms with van der Waals surface area (Å²) in [6, 6.07) is 6.38. The number of unbranched alkanes of at least 4 members (excludes halogenated alkanes) is 1. The highest BCUT2D eigenvalue weighted by molar-refractivity contribution is 7.92. The van der Waals surface area contributed by atoms with Crippen molar-refractivity contribution < 1.29 is 17.9 Å². The summed E-state index contributed by atoms with van der Waals surface area (Å²) < 4.78 is 32.4. The van der Waals surface area contributed by atoms with Gasteiger partial charge in [0.25, 0.3) is 15.9 Å². The average Bonchev–Trinajstić information content (AvgIpc) is 3.06. The maximum atomic E-state index is 12.5. The number of aromatic nitrogens is 2. The van der Waals surface area contributed by atoms with E-state index in [0.29, 0.717) is 18.0 Å². The van der Waals surface area contributed by atoms with E-state index < -0.39 is 15.9 Å². The SMILES string of the molecule is CCCCNC(=O)c1cn[nH]c1S(=O)(=O)Nc1ccc(OC)cc1. The first-order valence-electron chi connectivity index (χ1n) is 7.46. The summed E-state index contributed by atoms with van der Waals surface area (Å²) >= 11 is 0. The van der Waals surface area contributed by atoms with Gasteiger partial charge in [-0.25, -0.2) is 0 Å². The van der Waals surface area contributed by atoms with Gasteiger partial charge in [-0.15, -0.1) is 0 Å². The zero-order valence-electron chi connectivity index (χ0n) is 13.5. The number of rotatable bonds is 8. The van der Waals surface area contributed by atoms with Crippen LogP contribution in [0.5, 0.6) is 5.75 Å². The quantitative estimate of drug-likeness (QED) is 0.626. The predicted octanol–water partition coefficient (Wildman–Crippen LogP) is 1.75. The molecule has 0 aliphatic heterocycles. The number of nitrogens with zero attached hydrogens (tertiary/aromatic N) is 1. The van der Waals surface area contributed by atoms with Crippen molar-refractivity contribution in [1.82, 2.24) is 15.5 Å². The third kappa shape index (κ3) is 4.25. The van der Waals surface area contributed by atoms with Gasteiger partial charge < -0.3 is 10.1 Å². The van der Waals surface area contributed by atoms with Crippen molar-refractivity contribution in [2.24, 2.45) is 0 Å². The van der Waals surface area contributed by atoms with Crippen molar-refractivity contribution in [3.63, 3.8) is 0 Å². The fraction of sp³-hybridized carbons (Fsp3) is 0.333. The topological polar surface area (TPSA) is 113 Å². The van der Waals surface area contributed by atoms with Gasteiger partial charge in [0.15, 0.2) is 5.03 Å². The zero-order valence-corrected chi connectivity index (χ0v) is 14.3. The molecule has 0 radical (unpaired) electrons. The molecule has 0 spiro atoms. The smallest absolute Gasteiger partial charge is 0.279 e. The first kappa shape index (κ1) is 17.8. The number of hydrogen-bond acceptors (Lipinski definition) is 5. The van der Waals surface area contributed by atoms with Crippen LogP contribution in [0.25, 0.3) is 0 Å². The lowest BCUT2D eigenvalue weighted by atomic mass is 10.3. The van der Waals surface area contributed by atoms with Gasteiger partial charge in [0.2, 0.25) is 0 Å². The summed E-state index contributed by atoms with van der Waals surface area (Å²) in [4.78, 5) is 12.1. The Morgan fingerprint density at radius 2 is 2.00 bits per heavy atom. The molecule has 0 unspecified atom stereocenters. The Labute approximate surface area is 140 Å². The molecule has 0 bridgehead atoms. The van der Waals surface area contributed by atoms with Crippen LogP contribution in [0.3, 0.4) is 0 Å². The summed E-state index contributed by atoms with van der Waals surface area (Å²) in [7, 11) is -2.44. The number of carbonyl (C=O) groups excluding carboxylic acids is 1. The minimum atomic E-state index is -3.97. The number of benzene rings is 1. The average molecular weight is 352 g/mol. The standard InChI is InChI=1S/C15H20N4O4S/c1-3-4-9-16-14(20)13-10-17-18-15(13)24(21,22)19-11-5-7-12(23-2)8-6-11/h5-8,10,19H,3-4,9H2,1-2H3,(H,16,20)(H,17,18). The van der Waals surface area contributed by atoms with Crippen LogP contribution in [0.1, 0.15) is 30.1 Å². The number of sulfonamides is 1. The predicted molar refractivity (Wildman–Crippen MR) is 89.6 cm³/mol. The van der Waals surface area contributed by atoms with Crippen molar-refractivity contribution in [2.45, 2.75) is 24.8 Å². The van der Waals surface area contributed by atoms with E-state index in [1.54, 1.807) is 24.3 Å². The van der Waals surface area contributed by atoms with Crippen molar-refractivity contribution in [3.05, 3.63) is 36.0 Å². The van der Waals surface area contributed by atoms with Crippen molar-refractivity contribution in [1.29, 1.82) is 0 Å². The summed E-state index contributed by atoms with van der Waals surface area (Å²) in [6.07, 6.45) is 2.94. The maximum Gasteiger partial charge on any atom is 0.279 e. The third-order valence-corrected chi connectivity index (χ3v) is 4.63. The molecule has 0 aliphatic rings. The lowest BCUT2D eigenvalue weighted by molar-refractivity contribution is 0.0950. The van der Waals surface area contributed by atoms with Crippen molar-refractivity contribution >= 4 is 21.6 Å². The molecule has 2 aromatic rings. The van der Waals surface area contributed by atoms with E-state index in [9.17, 15) is 13.2 Å². The highest BCUT2D eigenvalue weighted by Crippen LogP contribution is 2.20. The largest absolute Gasteiger partial charge is 0.497 e. The summed E-state index contributed by atoms with van der Waals surface area (Å²) in [6.45, 7) is 2.48. The molecule has 1 heterocycles. The first-order valence-corrected chi connectivity index (χ1v) is 8.94. The van der Waals surface area contributed by atoms with Gasteiger partial charge in [-0.1, -0.05) is 13.3 Å². The van der Waals surface area contributed by atoms with E-state index >= 15 is 0 Å². The highest BCUT2D eigenvalue weighted by atomic mass is 32.2. The van der Waals surface area contributed by atoms with E-state index in [0.717, 1.165) is 12.8 Å². The normalized spacial score (nSPS) is 11.1. The van der Waals surface area contributed by atoms with E-state index in [1.165, 1.54) is 13.3 Å². The van der Waals surface area contributed by atoms with Crippen LogP contribution in [-0.2, 0) is 10.0 Å². The molecule has 2 rings (SSSR count).